The molecular weight excluding hydrogens is 592 g/mol. The fraction of sp³-hybridized carbons (Fsp3) is 0.913. The summed E-state index contributed by atoms with van der Waals surface area (Å²) >= 11 is 0. The van der Waals surface area contributed by atoms with Gasteiger partial charge in [-0.15, -0.1) is 0 Å². The molecule has 16 atom stereocenters. The Labute approximate surface area is 243 Å². The number of amides is 1. The summed E-state index contributed by atoms with van der Waals surface area (Å²) < 4.78 is 27.1. The zero-order valence-electron chi connectivity index (χ0n) is 22.8. The molecule has 0 unspecified atom stereocenters. The fourth-order valence-corrected chi connectivity index (χ4v) is 5.20. The van der Waals surface area contributed by atoms with Crippen LogP contribution in [0.3, 0.4) is 0 Å². The van der Waals surface area contributed by atoms with Gasteiger partial charge in [0.25, 0.3) is 5.79 Å². The highest BCUT2D eigenvalue weighted by molar-refractivity contribution is 5.76. The maximum atomic E-state index is 12.6. The van der Waals surface area contributed by atoms with Crippen LogP contribution in [0.25, 0.3) is 0 Å². The van der Waals surface area contributed by atoms with Crippen molar-refractivity contribution in [3.05, 3.63) is 0 Å². The lowest BCUT2D eigenvalue weighted by Crippen LogP contribution is -2.71. The number of carboxylic acids is 1. The monoisotopic (exact) mass is 632 g/mol. The van der Waals surface area contributed by atoms with Crippen LogP contribution in [0.4, 0.5) is 0 Å². The molecule has 43 heavy (non-hydrogen) atoms. The van der Waals surface area contributed by atoms with E-state index in [1.54, 1.807) is 0 Å². The van der Waals surface area contributed by atoms with E-state index in [4.69, 9.17) is 29.4 Å². The first-order chi connectivity index (χ1) is 20.1. The van der Waals surface area contributed by atoms with Crippen LogP contribution in [-0.2, 0) is 33.3 Å². The Balaban J connectivity index is 1.94. The number of aliphatic carboxylic acids is 1. The molecule has 0 aromatic heterocycles. The summed E-state index contributed by atoms with van der Waals surface area (Å²) in [6.07, 6.45) is -25.0. The van der Waals surface area contributed by atoms with Crippen molar-refractivity contribution in [2.45, 2.75) is 111 Å². The van der Waals surface area contributed by atoms with E-state index in [-0.39, 0.29) is 0 Å². The van der Waals surface area contributed by atoms with Crippen molar-refractivity contribution in [3.8, 4) is 0 Å². The van der Waals surface area contributed by atoms with E-state index in [2.05, 4.69) is 5.32 Å². The van der Waals surface area contributed by atoms with Gasteiger partial charge < -0.3 is 90.9 Å². The topological polar surface area (TPSA) is 341 Å². The van der Waals surface area contributed by atoms with Crippen molar-refractivity contribution in [1.29, 1.82) is 0 Å². The highest BCUT2D eigenvalue weighted by Gasteiger charge is 2.60. The predicted octanol–water partition coefficient (Wildman–Crippen LogP) is -8.26. The third-order valence-electron chi connectivity index (χ3n) is 7.55. The molecular formula is C23H40N2O18. The number of rotatable bonds is 11. The average molecular weight is 633 g/mol. The third kappa shape index (κ3) is 7.41. The predicted molar refractivity (Wildman–Crippen MR) is 132 cm³/mol. The van der Waals surface area contributed by atoms with Crippen molar-refractivity contribution in [1.82, 2.24) is 5.32 Å². The van der Waals surface area contributed by atoms with E-state index in [9.17, 15) is 65.8 Å². The number of carbonyl (C=O) groups excluding carboxylic acids is 1. The van der Waals surface area contributed by atoms with E-state index in [1.165, 1.54) is 0 Å². The second kappa shape index (κ2) is 14.6. The van der Waals surface area contributed by atoms with Crippen LogP contribution < -0.4 is 11.1 Å². The molecule has 0 aromatic carbocycles. The summed E-state index contributed by atoms with van der Waals surface area (Å²) in [6, 6.07) is -2.97. The Morgan fingerprint density at radius 3 is 2.14 bits per heavy atom. The van der Waals surface area contributed by atoms with Crippen molar-refractivity contribution in [2.75, 3.05) is 19.8 Å². The Bertz CT molecular complexity index is 946. The summed E-state index contributed by atoms with van der Waals surface area (Å²) in [5, 5.41) is 115. The lowest BCUT2D eigenvalue weighted by Gasteiger charge is -2.50. The zero-order valence-corrected chi connectivity index (χ0v) is 22.8. The van der Waals surface area contributed by atoms with Crippen molar-refractivity contribution in [2.24, 2.45) is 5.73 Å². The summed E-state index contributed by atoms with van der Waals surface area (Å²) in [7, 11) is 0. The third-order valence-corrected chi connectivity index (χ3v) is 7.55. The molecule has 3 heterocycles. The van der Waals surface area contributed by atoms with E-state index in [0.717, 1.165) is 6.92 Å². The standard InChI is InChI=1S/C23H40N2O18/c1-6(29)25-12-7(30)2-23(22(37)38,42-18(12)13(32)8(31)3-26)43-19-14(33)9(4-27)40-21(16(19)35)41-17-10(5-28)39-20(36)11(24)15(17)34/h7-21,26-28,30-36H,2-5,24H2,1H3,(H,25,29)(H,37,38)/t7-,8+,9+,10+,11+,12+,13+,14-,15+,16+,17+,18+,19-,20+,21-,23+/m0/s1. The van der Waals surface area contributed by atoms with Gasteiger partial charge in [0.05, 0.1) is 38.0 Å². The summed E-state index contributed by atoms with van der Waals surface area (Å²) in [6.45, 7) is -1.75. The first-order valence-corrected chi connectivity index (χ1v) is 13.3. The van der Waals surface area contributed by atoms with Gasteiger partial charge >= 0.3 is 5.97 Å². The average Bonchev–Trinajstić information content (AvgIpc) is 2.96. The Morgan fingerprint density at radius 2 is 1.60 bits per heavy atom. The first-order valence-electron chi connectivity index (χ1n) is 13.3. The van der Waals surface area contributed by atoms with Crippen molar-refractivity contribution in [3.63, 3.8) is 0 Å². The summed E-state index contributed by atoms with van der Waals surface area (Å²) in [5.41, 5.74) is 5.69. The van der Waals surface area contributed by atoms with Crippen LogP contribution in [0, 0.1) is 0 Å². The van der Waals surface area contributed by atoms with Gasteiger partial charge in [0, 0.05) is 13.3 Å². The van der Waals surface area contributed by atoms with Gasteiger partial charge in [0.1, 0.15) is 61.0 Å². The maximum absolute atomic E-state index is 12.6. The minimum atomic E-state index is -3.00. The Hall–Kier alpha value is -1.70. The van der Waals surface area contributed by atoms with Gasteiger partial charge in [-0.3, -0.25) is 4.79 Å². The normalized spacial score (nSPS) is 45.3. The molecule has 250 valence electrons. The number of ether oxygens (including phenoxy) is 5. The molecule has 14 N–H and O–H groups in total. The summed E-state index contributed by atoms with van der Waals surface area (Å²) in [4.78, 5) is 24.3. The van der Waals surface area contributed by atoms with E-state index in [1.807, 2.05) is 0 Å². The van der Waals surface area contributed by atoms with Gasteiger partial charge in [0.2, 0.25) is 5.91 Å². The second-order valence-corrected chi connectivity index (χ2v) is 10.6. The molecule has 0 aromatic rings. The number of nitrogens with one attached hydrogen (secondary N) is 1. The first kappa shape index (κ1) is 35.8. The highest BCUT2D eigenvalue weighted by atomic mass is 16.8. The van der Waals surface area contributed by atoms with Gasteiger partial charge in [-0.1, -0.05) is 0 Å². The molecule has 20 heteroatoms. The molecule has 3 saturated heterocycles. The van der Waals surface area contributed by atoms with E-state index >= 15 is 0 Å². The van der Waals surface area contributed by atoms with E-state index in [0.29, 0.717) is 0 Å². The molecule has 20 nitrogen and oxygen atoms in total. The zero-order chi connectivity index (χ0) is 32.4. The number of aliphatic hydroxyl groups is 10. The van der Waals surface area contributed by atoms with Crippen LogP contribution in [-0.4, -0.2) is 185 Å². The minimum absolute atomic E-state index is 0.740. The molecule has 3 aliphatic heterocycles. The van der Waals surface area contributed by atoms with Crippen LogP contribution in [0.5, 0.6) is 0 Å². The quantitative estimate of drug-likeness (QED) is 0.100. The van der Waals surface area contributed by atoms with E-state index < -0.39 is 136 Å². The number of carbonyl (C=O) groups is 2. The van der Waals surface area contributed by atoms with Crippen LogP contribution in [0.1, 0.15) is 13.3 Å². The highest BCUT2D eigenvalue weighted by Crippen LogP contribution is 2.38. The molecule has 0 spiro atoms. The SMILES string of the molecule is CC(=O)N[C@H]1[C@H]([C@H](O)[C@H](O)CO)O[C@](O[C@H]2[C@@H](O)[C@@H](CO)O[C@@H](O[C@H]3[C@H](O)[C@@H](N)[C@H](O)O[C@@H]3CO)[C@@H]2O)(C(=O)O)C[C@@H]1O. The molecule has 3 rings (SSSR count). The van der Waals surface area contributed by atoms with Crippen molar-refractivity contribution < 1.29 is 89.4 Å². The van der Waals surface area contributed by atoms with Crippen molar-refractivity contribution >= 4 is 11.9 Å². The molecule has 0 bridgehead atoms. The molecule has 1 amide bonds. The molecule has 0 radical (unpaired) electrons. The Morgan fingerprint density at radius 1 is 0.977 bits per heavy atom. The minimum Gasteiger partial charge on any atom is -0.477 e. The smallest absolute Gasteiger partial charge is 0.364 e. The Kier molecular flexibility index (Phi) is 12.1. The number of hydrogen-bond donors (Lipinski definition) is 13. The van der Waals surface area contributed by atoms with Crippen LogP contribution in [0.15, 0.2) is 0 Å². The molecule has 3 fully saturated rings. The number of carboxylic acid groups (broad SMARTS) is 1. The lowest BCUT2D eigenvalue weighted by molar-refractivity contribution is -0.381. The summed E-state index contributed by atoms with van der Waals surface area (Å²) in [5.74, 6) is -5.70. The second-order valence-electron chi connectivity index (χ2n) is 10.6. The number of aliphatic hydroxyl groups excluding tert-OH is 10. The molecule has 3 aliphatic rings. The number of nitrogens with two attached hydrogens (primary N) is 1. The number of hydrogen-bond acceptors (Lipinski definition) is 18. The van der Waals surface area contributed by atoms with Gasteiger partial charge in [0.15, 0.2) is 12.6 Å². The van der Waals surface area contributed by atoms with Gasteiger partial charge in [-0.05, 0) is 0 Å². The lowest BCUT2D eigenvalue weighted by atomic mass is 9.88. The largest absolute Gasteiger partial charge is 0.477 e. The van der Waals surface area contributed by atoms with Crippen LogP contribution >= 0.6 is 0 Å². The van der Waals surface area contributed by atoms with Crippen LogP contribution in [0.2, 0.25) is 0 Å². The van der Waals surface area contributed by atoms with Gasteiger partial charge in [-0.2, -0.15) is 0 Å². The van der Waals surface area contributed by atoms with Gasteiger partial charge in [-0.25, -0.2) is 4.79 Å². The maximum Gasteiger partial charge on any atom is 0.364 e. The molecule has 0 aliphatic carbocycles. The fourth-order valence-electron chi connectivity index (χ4n) is 5.20. The molecule has 0 saturated carbocycles.